The maximum atomic E-state index is 13.5. The number of fused-ring (bicyclic) bond motifs is 1. The van der Waals surface area contributed by atoms with Gasteiger partial charge in [-0.1, -0.05) is 25.4 Å². The van der Waals surface area contributed by atoms with Crippen LogP contribution in [-0.2, 0) is 27.8 Å². The van der Waals surface area contributed by atoms with E-state index in [9.17, 15) is 13.2 Å². The van der Waals surface area contributed by atoms with Crippen molar-refractivity contribution in [3.05, 3.63) is 29.4 Å². The molecular weight excluding hydrogens is 420 g/mol. The molecular formula is C21H28N4O5S. The van der Waals surface area contributed by atoms with Crippen molar-refractivity contribution in [2.24, 2.45) is 0 Å². The smallest absolute Gasteiger partial charge is 0.265 e. The number of nitrogens with zero attached hydrogens (tertiary/aromatic N) is 4. The Morgan fingerprint density at radius 3 is 2.74 bits per heavy atom. The molecule has 1 fully saturated rings. The highest BCUT2D eigenvalue weighted by molar-refractivity contribution is 7.89. The predicted octanol–water partition coefficient (Wildman–Crippen LogP) is 2.82. The first kappa shape index (κ1) is 21.8. The molecule has 168 valence electrons. The first-order valence-electron chi connectivity index (χ1n) is 10.8. The van der Waals surface area contributed by atoms with Gasteiger partial charge < -0.3 is 9.26 Å². The fourth-order valence-corrected chi connectivity index (χ4v) is 6.24. The molecule has 1 amide bonds. The maximum Gasteiger partial charge on any atom is 0.265 e. The van der Waals surface area contributed by atoms with Crippen LogP contribution < -0.4 is 9.64 Å². The Morgan fingerprint density at radius 1 is 1.23 bits per heavy atom. The molecule has 2 aliphatic rings. The molecule has 1 atom stereocenters. The number of carbonyl (C=O) groups is 1. The fraction of sp³-hybridized carbons (Fsp3) is 0.571. The van der Waals surface area contributed by atoms with E-state index in [1.54, 1.807) is 23.4 Å². The van der Waals surface area contributed by atoms with Crippen molar-refractivity contribution >= 4 is 21.6 Å². The molecule has 1 aromatic heterocycles. The molecule has 31 heavy (non-hydrogen) atoms. The quantitative estimate of drug-likeness (QED) is 0.669. The average Bonchev–Trinajstić information content (AvgIpc) is 3.23. The summed E-state index contributed by atoms with van der Waals surface area (Å²) in [6, 6.07) is 3.26. The topological polar surface area (TPSA) is 106 Å². The zero-order valence-corrected chi connectivity index (χ0v) is 18.9. The molecule has 0 saturated carbocycles. The van der Waals surface area contributed by atoms with Gasteiger partial charge in [0.2, 0.25) is 15.9 Å². The lowest BCUT2D eigenvalue weighted by Crippen LogP contribution is -2.43. The first-order valence-corrected chi connectivity index (χ1v) is 12.2. The number of piperidine rings is 1. The molecule has 0 radical (unpaired) electrons. The number of sulfonamides is 1. The highest BCUT2D eigenvalue weighted by Crippen LogP contribution is 2.39. The zero-order valence-electron chi connectivity index (χ0n) is 18.1. The number of hydrogen-bond donors (Lipinski definition) is 0. The van der Waals surface area contributed by atoms with Crippen molar-refractivity contribution in [2.75, 3.05) is 18.1 Å². The number of ether oxygens (including phenoxy) is 1. The van der Waals surface area contributed by atoms with Crippen LogP contribution >= 0.6 is 0 Å². The van der Waals surface area contributed by atoms with Crippen LogP contribution in [0.15, 0.2) is 21.6 Å². The maximum absolute atomic E-state index is 13.5. The van der Waals surface area contributed by atoms with Gasteiger partial charge in [-0.25, -0.2) is 8.42 Å². The van der Waals surface area contributed by atoms with Crippen LogP contribution in [0.5, 0.6) is 5.75 Å². The van der Waals surface area contributed by atoms with Crippen LogP contribution in [0.25, 0.3) is 0 Å². The Morgan fingerprint density at radius 2 is 2.03 bits per heavy atom. The lowest BCUT2D eigenvalue weighted by molar-refractivity contribution is -0.121. The summed E-state index contributed by atoms with van der Waals surface area (Å²) < 4.78 is 39.4. The third-order valence-corrected chi connectivity index (χ3v) is 8.04. The molecule has 9 nitrogen and oxygen atoms in total. The second kappa shape index (κ2) is 8.58. The zero-order chi connectivity index (χ0) is 22.2. The van der Waals surface area contributed by atoms with Crippen LogP contribution in [0.4, 0.5) is 5.69 Å². The number of anilines is 1. The fourth-order valence-electron chi connectivity index (χ4n) is 4.25. The van der Waals surface area contributed by atoms with Gasteiger partial charge in [0.15, 0.2) is 12.4 Å². The minimum atomic E-state index is -3.67. The minimum absolute atomic E-state index is 0.0131. The molecule has 2 aromatic rings. The van der Waals surface area contributed by atoms with E-state index in [4.69, 9.17) is 9.26 Å². The lowest BCUT2D eigenvalue weighted by Gasteiger charge is -2.35. The van der Waals surface area contributed by atoms with Gasteiger partial charge in [-0.2, -0.15) is 9.29 Å². The Labute approximate surface area is 182 Å². The molecule has 3 heterocycles. The number of benzene rings is 1. The van der Waals surface area contributed by atoms with Gasteiger partial charge in [-0.15, -0.1) is 0 Å². The Kier molecular flexibility index (Phi) is 6.02. The third kappa shape index (κ3) is 4.06. The summed E-state index contributed by atoms with van der Waals surface area (Å²) in [5, 5.41) is 3.92. The molecule has 4 rings (SSSR count). The number of aromatic nitrogens is 2. The predicted molar refractivity (Wildman–Crippen MR) is 113 cm³/mol. The van der Waals surface area contributed by atoms with Gasteiger partial charge in [-0.05, 0) is 37.8 Å². The van der Waals surface area contributed by atoms with Crippen LogP contribution in [-0.4, -0.2) is 48.0 Å². The summed E-state index contributed by atoms with van der Waals surface area (Å²) in [4.78, 5) is 18.6. The van der Waals surface area contributed by atoms with Crippen molar-refractivity contribution in [2.45, 2.75) is 70.4 Å². The molecule has 0 N–H and O–H groups in total. The van der Waals surface area contributed by atoms with E-state index in [-0.39, 0.29) is 30.0 Å². The number of rotatable bonds is 6. The SMILES string of the molecule is CCc1nc(CN2C(=O)COc3cc(S(=O)(=O)N4CCCC[C@H]4CC)c(C)cc32)no1. The Bertz CT molecular complexity index is 1080. The molecule has 0 unspecified atom stereocenters. The van der Waals surface area contributed by atoms with Crippen molar-refractivity contribution < 1.29 is 22.5 Å². The van der Waals surface area contributed by atoms with Gasteiger partial charge in [0.25, 0.3) is 5.91 Å². The van der Waals surface area contributed by atoms with Gasteiger partial charge >= 0.3 is 0 Å². The molecule has 0 spiro atoms. The Balaban J connectivity index is 1.69. The van der Waals surface area contributed by atoms with Crippen molar-refractivity contribution in [1.29, 1.82) is 0 Å². The van der Waals surface area contributed by atoms with E-state index in [0.29, 0.717) is 41.7 Å². The van der Waals surface area contributed by atoms with Crippen LogP contribution in [0.2, 0.25) is 0 Å². The number of amides is 1. The summed E-state index contributed by atoms with van der Waals surface area (Å²) in [5.41, 5.74) is 1.09. The van der Waals surface area contributed by atoms with E-state index >= 15 is 0 Å². The van der Waals surface area contributed by atoms with Gasteiger partial charge in [-0.3, -0.25) is 9.69 Å². The molecule has 1 aromatic carbocycles. The number of hydrogen-bond acceptors (Lipinski definition) is 7. The van der Waals surface area contributed by atoms with E-state index in [0.717, 1.165) is 25.7 Å². The van der Waals surface area contributed by atoms with Crippen LogP contribution in [0, 0.1) is 6.92 Å². The van der Waals surface area contributed by atoms with Crippen molar-refractivity contribution in [3.8, 4) is 5.75 Å². The summed E-state index contributed by atoms with van der Waals surface area (Å²) in [7, 11) is -3.67. The largest absolute Gasteiger partial charge is 0.482 e. The molecule has 1 saturated heterocycles. The summed E-state index contributed by atoms with van der Waals surface area (Å²) >= 11 is 0. The summed E-state index contributed by atoms with van der Waals surface area (Å²) in [6.45, 7) is 6.17. The summed E-state index contributed by atoms with van der Waals surface area (Å²) in [5.74, 6) is 1.02. The van der Waals surface area contributed by atoms with E-state index in [1.807, 2.05) is 13.8 Å². The normalized spacial score (nSPS) is 19.9. The van der Waals surface area contributed by atoms with Crippen molar-refractivity contribution in [3.63, 3.8) is 0 Å². The highest BCUT2D eigenvalue weighted by atomic mass is 32.2. The van der Waals surface area contributed by atoms with Gasteiger partial charge in [0.05, 0.1) is 17.1 Å². The molecule has 0 bridgehead atoms. The number of aryl methyl sites for hydroxylation is 2. The first-order chi connectivity index (χ1) is 14.8. The van der Waals surface area contributed by atoms with E-state index in [2.05, 4.69) is 10.1 Å². The molecule has 0 aliphatic carbocycles. The third-order valence-electron chi connectivity index (χ3n) is 5.94. The average molecular weight is 449 g/mol. The van der Waals surface area contributed by atoms with Gasteiger partial charge in [0.1, 0.15) is 5.75 Å². The second-order valence-corrected chi connectivity index (χ2v) is 9.84. The lowest BCUT2D eigenvalue weighted by atomic mass is 10.0. The minimum Gasteiger partial charge on any atom is -0.482 e. The van der Waals surface area contributed by atoms with Gasteiger partial charge in [0, 0.05) is 25.1 Å². The number of carbonyl (C=O) groups excluding carboxylic acids is 1. The second-order valence-electron chi connectivity index (χ2n) is 7.99. The highest BCUT2D eigenvalue weighted by Gasteiger charge is 2.36. The summed E-state index contributed by atoms with van der Waals surface area (Å²) in [6.07, 6.45) is 4.18. The Hall–Kier alpha value is -2.46. The van der Waals surface area contributed by atoms with E-state index in [1.165, 1.54) is 4.90 Å². The van der Waals surface area contributed by atoms with E-state index < -0.39 is 10.0 Å². The van der Waals surface area contributed by atoms with Crippen LogP contribution in [0.3, 0.4) is 0 Å². The van der Waals surface area contributed by atoms with Crippen LogP contribution in [0.1, 0.15) is 56.8 Å². The standard InChI is InChI=1S/C21H28N4O5S/c1-4-15-8-6-7-9-25(15)31(27,28)18-11-17-16(10-14(18)3)24(21(26)13-29-17)12-19-22-20(5-2)30-23-19/h10-11,15H,4-9,12-13H2,1-3H3/t15-/m1/s1. The monoisotopic (exact) mass is 448 g/mol. The van der Waals surface area contributed by atoms with Crippen molar-refractivity contribution in [1.82, 2.24) is 14.4 Å². The molecule has 2 aliphatic heterocycles. The molecule has 10 heteroatoms.